The summed E-state index contributed by atoms with van der Waals surface area (Å²) in [6.45, 7) is 6.66. The van der Waals surface area contributed by atoms with Gasteiger partial charge in [0.05, 0.1) is 7.11 Å². The lowest BCUT2D eigenvalue weighted by molar-refractivity contribution is -0.00940. The van der Waals surface area contributed by atoms with Crippen molar-refractivity contribution < 1.29 is 19.4 Å². The van der Waals surface area contributed by atoms with Crippen LogP contribution in [0.15, 0.2) is 36.4 Å². The standard InChI is InChI=1S/C26H32O4/c1-16(2)18-12-13-26(3)15-19(18)23-22(29-4)14-21(28)24(25(23)30-26)20(27)11-10-17-8-6-5-7-9-17/h5-9,14,16,18-19,28H,10-13,15H2,1-4H3/t18-,19-,26-/m1/s1. The molecule has 0 radical (unpaired) electrons. The van der Waals surface area contributed by atoms with E-state index in [1.165, 1.54) is 0 Å². The first-order valence-electron chi connectivity index (χ1n) is 11.0. The Morgan fingerprint density at radius 2 is 2.03 bits per heavy atom. The molecule has 1 heterocycles. The Hall–Kier alpha value is -2.49. The van der Waals surface area contributed by atoms with Gasteiger partial charge in [0.25, 0.3) is 0 Å². The van der Waals surface area contributed by atoms with E-state index in [0.717, 1.165) is 30.4 Å². The van der Waals surface area contributed by atoms with Gasteiger partial charge in [0.2, 0.25) is 0 Å². The van der Waals surface area contributed by atoms with E-state index in [-0.39, 0.29) is 23.1 Å². The van der Waals surface area contributed by atoms with Crippen LogP contribution in [-0.2, 0) is 6.42 Å². The molecule has 4 rings (SSSR count). The quantitative estimate of drug-likeness (QED) is 0.604. The molecular formula is C26H32O4. The van der Waals surface area contributed by atoms with Gasteiger partial charge in [-0.1, -0.05) is 44.2 Å². The van der Waals surface area contributed by atoms with E-state index in [1.54, 1.807) is 13.2 Å². The third-order valence-electron chi connectivity index (χ3n) is 6.99. The monoisotopic (exact) mass is 408 g/mol. The molecular weight excluding hydrogens is 376 g/mol. The highest BCUT2D eigenvalue weighted by atomic mass is 16.5. The number of fused-ring (bicyclic) bond motifs is 4. The first kappa shape index (κ1) is 20.8. The van der Waals surface area contributed by atoms with E-state index in [2.05, 4.69) is 20.8 Å². The summed E-state index contributed by atoms with van der Waals surface area (Å²) in [4.78, 5) is 13.3. The Labute approximate surface area is 179 Å². The minimum atomic E-state index is -0.309. The highest BCUT2D eigenvalue weighted by Crippen LogP contribution is 2.58. The van der Waals surface area contributed by atoms with Crippen LogP contribution < -0.4 is 9.47 Å². The summed E-state index contributed by atoms with van der Waals surface area (Å²) in [6.07, 6.45) is 3.94. The summed E-state index contributed by atoms with van der Waals surface area (Å²) >= 11 is 0. The number of hydrogen-bond donors (Lipinski definition) is 1. The van der Waals surface area contributed by atoms with Crippen molar-refractivity contribution in [1.29, 1.82) is 0 Å². The largest absolute Gasteiger partial charge is 0.507 e. The molecule has 2 aliphatic rings. The lowest BCUT2D eigenvalue weighted by Gasteiger charge is -2.49. The molecule has 0 amide bonds. The van der Waals surface area contributed by atoms with Crippen molar-refractivity contribution in [3.63, 3.8) is 0 Å². The number of benzene rings is 2. The van der Waals surface area contributed by atoms with Crippen LogP contribution >= 0.6 is 0 Å². The molecule has 4 heteroatoms. The Balaban J connectivity index is 1.76. The third-order valence-corrected chi connectivity index (χ3v) is 6.99. The van der Waals surface area contributed by atoms with Crippen LogP contribution in [0, 0.1) is 11.8 Å². The molecule has 0 spiro atoms. The van der Waals surface area contributed by atoms with E-state index in [9.17, 15) is 9.90 Å². The van der Waals surface area contributed by atoms with Crippen LogP contribution in [-0.4, -0.2) is 23.6 Å². The molecule has 1 fully saturated rings. The molecule has 1 aliphatic carbocycles. The number of phenolic OH excluding ortho intramolecular Hbond substituents is 1. The number of ketones is 1. The maximum atomic E-state index is 13.3. The van der Waals surface area contributed by atoms with Crippen LogP contribution in [0.2, 0.25) is 0 Å². The zero-order valence-electron chi connectivity index (χ0n) is 18.4. The molecule has 1 N–H and O–H groups in total. The van der Waals surface area contributed by atoms with Gasteiger partial charge >= 0.3 is 0 Å². The lowest BCUT2D eigenvalue weighted by Crippen LogP contribution is -2.45. The third kappa shape index (κ3) is 3.68. The Morgan fingerprint density at radius 3 is 2.70 bits per heavy atom. The van der Waals surface area contributed by atoms with Gasteiger partial charge < -0.3 is 14.6 Å². The van der Waals surface area contributed by atoms with Gasteiger partial charge in [-0.3, -0.25) is 4.79 Å². The molecule has 0 aromatic heterocycles. The summed E-state index contributed by atoms with van der Waals surface area (Å²) in [6, 6.07) is 11.6. The fourth-order valence-corrected chi connectivity index (χ4v) is 5.40. The molecule has 30 heavy (non-hydrogen) atoms. The fourth-order valence-electron chi connectivity index (χ4n) is 5.40. The Morgan fingerprint density at radius 1 is 1.30 bits per heavy atom. The topological polar surface area (TPSA) is 55.8 Å². The van der Waals surface area contributed by atoms with Crippen molar-refractivity contribution >= 4 is 5.78 Å². The summed E-state index contributed by atoms with van der Waals surface area (Å²) < 4.78 is 12.1. The number of aromatic hydroxyl groups is 1. The van der Waals surface area contributed by atoms with Crippen LogP contribution in [0.5, 0.6) is 17.2 Å². The van der Waals surface area contributed by atoms with Crippen molar-refractivity contribution in [1.82, 2.24) is 0 Å². The van der Waals surface area contributed by atoms with Crippen molar-refractivity contribution in [3.8, 4) is 17.2 Å². The molecule has 0 saturated heterocycles. The van der Waals surface area contributed by atoms with Gasteiger partial charge in [0.1, 0.15) is 28.4 Å². The number of ether oxygens (including phenoxy) is 2. The first-order valence-corrected chi connectivity index (χ1v) is 11.0. The zero-order valence-corrected chi connectivity index (χ0v) is 18.4. The summed E-state index contributed by atoms with van der Waals surface area (Å²) in [5.41, 5.74) is 2.09. The number of hydrogen-bond acceptors (Lipinski definition) is 4. The van der Waals surface area contributed by atoms with Gasteiger partial charge in [-0.05, 0) is 55.9 Å². The highest BCUT2D eigenvalue weighted by molar-refractivity contribution is 6.02. The number of rotatable bonds is 6. The summed E-state index contributed by atoms with van der Waals surface area (Å²) in [7, 11) is 1.62. The number of methoxy groups -OCH3 is 1. The number of carbonyl (C=O) groups is 1. The lowest BCUT2D eigenvalue weighted by atomic mass is 9.64. The Kier molecular flexibility index (Phi) is 5.52. The molecule has 1 aliphatic heterocycles. The second-order valence-electron chi connectivity index (χ2n) is 9.43. The zero-order chi connectivity index (χ0) is 21.5. The molecule has 4 nitrogen and oxygen atoms in total. The molecule has 1 saturated carbocycles. The van der Waals surface area contributed by atoms with Gasteiger partial charge in [-0.2, -0.15) is 0 Å². The number of carbonyl (C=O) groups excluding carboxylic acids is 1. The summed E-state index contributed by atoms with van der Waals surface area (Å²) in [5, 5.41) is 10.8. The van der Waals surface area contributed by atoms with Gasteiger partial charge in [0, 0.05) is 18.1 Å². The summed E-state index contributed by atoms with van der Waals surface area (Å²) in [5.74, 6) is 2.35. The van der Waals surface area contributed by atoms with Crippen LogP contribution in [0.3, 0.4) is 0 Å². The van der Waals surface area contributed by atoms with Gasteiger partial charge in [0.15, 0.2) is 5.78 Å². The average molecular weight is 409 g/mol. The van der Waals surface area contributed by atoms with E-state index in [0.29, 0.717) is 41.7 Å². The second kappa shape index (κ2) is 7.98. The molecule has 2 bridgehead atoms. The number of aryl methyl sites for hydroxylation is 1. The minimum absolute atomic E-state index is 0.0478. The number of phenols is 1. The second-order valence-corrected chi connectivity index (χ2v) is 9.43. The van der Waals surface area contributed by atoms with Crippen LogP contribution in [0.4, 0.5) is 0 Å². The number of Topliss-reactive ketones (excluding diaryl/α,β-unsaturated/α-hetero) is 1. The molecule has 2 aromatic carbocycles. The Bertz CT molecular complexity index is 934. The molecule has 0 unspecified atom stereocenters. The van der Waals surface area contributed by atoms with Crippen molar-refractivity contribution in [2.45, 2.75) is 64.4 Å². The van der Waals surface area contributed by atoms with E-state index in [4.69, 9.17) is 9.47 Å². The van der Waals surface area contributed by atoms with E-state index < -0.39 is 0 Å². The van der Waals surface area contributed by atoms with Crippen molar-refractivity contribution in [3.05, 3.63) is 53.1 Å². The highest BCUT2D eigenvalue weighted by Gasteiger charge is 2.48. The van der Waals surface area contributed by atoms with Crippen molar-refractivity contribution in [2.75, 3.05) is 7.11 Å². The molecule has 3 atom stereocenters. The van der Waals surface area contributed by atoms with Gasteiger partial charge in [-0.25, -0.2) is 0 Å². The minimum Gasteiger partial charge on any atom is -0.507 e. The maximum Gasteiger partial charge on any atom is 0.170 e. The smallest absolute Gasteiger partial charge is 0.170 e. The first-order chi connectivity index (χ1) is 14.3. The predicted molar refractivity (Wildman–Crippen MR) is 118 cm³/mol. The SMILES string of the molecule is COc1cc(O)c(C(=O)CCc2ccccc2)c2c1[C@@H]1C[C@@](C)(CC[C@@H]1C(C)C)O2. The predicted octanol–water partition coefficient (Wildman–Crippen LogP) is 5.91. The van der Waals surface area contributed by atoms with E-state index >= 15 is 0 Å². The van der Waals surface area contributed by atoms with Gasteiger partial charge in [-0.15, -0.1) is 0 Å². The van der Waals surface area contributed by atoms with Crippen LogP contribution in [0.25, 0.3) is 0 Å². The molecule has 2 aromatic rings. The average Bonchev–Trinajstić information content (AvgIpc) is 2.71. The maximum absolute atomic E-state index is 13.3. The normalized spacial score (nSPS) is 24.8. The van der Waals surface area contributed by atoms with E-state index in [1.807, 2.05) is 30.3 Å². The fraction of sp³-hybridized carbons (Fsp3) is 0.500. The van der Waals surface area contributed by atoms with Crippen LogP contribution in [0.1, 0.15) is 73.9 Å². The molecule has 160 valence electrons. The van der Waals surface area contributed by atoms with Crippen molar-refractivity contribution in [2.24, 2.45) is 11.8 Å².